The van der Waals surface area contributed by atoms with Gasteiger partial charge in [-0.05, 0) is 30.3 Å². The lowest BCUT2D eigenvalue weighted by atomic mass is 10.1. The number of pyridine rings is 1. The van der Waals surface area contributed by atoms with Gasteiger partial charge in [0.05, 0.1) is 11.4 Å². The fourth-order valence-electron chi connectivity index (χ4n) is 2.77. The van der Waals surface area contributed by atoms with Gasteiger partial charge in [0.15, 0.2) is 12.2 Å². The van der Waals surface area contributed by atoms with Crippen LogP contribution in [0.1, 0.15) is 20.8 Å². The Morgan fingerprint density at radius 2 is 1.79 bits per heavy atom. The van der Waals surface area contributed by atoms with Crippen molar-refractivity contribution < 1.29 is 9.59 Å². The number of aliphatic imine (C=N–C) groups is 1. The maximum absolute atomic E-state index is 11.3. The Balaban J connectivity index is 0.000000185. The van der Waals surface area contributed by atoms with Gasteiger partial charge in [0.2, 0.25) is 0 Å². The molecule has 0 atom stereocenters. The van der Waals surface area contributed by atoms with E-state index >= 15 is 0 Å². The first kappa shape index (κ1) is 24.7. The number of fused-ring (bicyclic) bond motifs is 1. The van der Waals surface area contributed by atoms with Crippen molar-refractivity contribution in [3.63, 3.8) is 0 Å². The number of nitrogens with zero attached hydrogens (tertiary/aromatic N) is 3. The number of para-hydroxylation sites is 1. The minimum absolute atomic E-state index is 0.157. The van der Waals surface area contributed by atoms with Gasteiger partial charge >= 0.3 is 0 Å². The number of benzene rings is 2. The molecular formula is C24H27N7O2. The zero-order valence-electron chi connectivity index (χ0n) is 18.8. The Labute approximate surface area is 192 Å². The van der Waals surface area contributed by atoms with Crippen molar-refractivity contribution in [2.75, 3.05) is 31.8 Å². The number of anilines is 2. The van der Waals surface area contributed by atoms with Crippen LogP contribution < -0.4 is 16.0 Å². The second-order valence-electron chi connectivity index (χ2n) is 6.45. The topological polar surface area (TPSA) is 124 Å². The Morgan fingerprint density at radius 1 is 1.03 bits per heavy atom. The normalized spacial score (nSPS) is 9.42. The zero-order valence-corrected chi connectivity index (χ0v) is 18.8. The minimum atomic E-state index is -0.157. The Kier molecular flexibility index (Phi) is 9.75. The Hall–Kier alpha value is -4.53. The highest BCUT2D eigenvalue weighted by atomic mass is 16.1. The maximum atomic E-state index is 11.3. The molecule has 0 fully saturated rings. The summed E-state index contributed by atoms with van der Waals surface area (Å²) in [5.41, 5.74) is 2.42. The van der Waals surface area contributed by atoms with Crippen LogP contribution in [0.25, 0.3) is 10.8 Å². The van der Waals surface area contributed by atoms with Crippen LogP contribution >= 0.6 is 0 Å². The third kappa shape index (κ3) is 7.00. The molecule has 0 aliphatic rings. The van der Waals surface area contributed by atoms with E-state index in [4.69, 9.17) is 0 Å². The summed E-state index contributed by atoms with van der Waals surface area (Å²) in [6, 6.07) is 15.0. The number of hydrogen-bond acceptors (Lipinski definition) is 7. The van der Waals surface area contributed by atoms with E-state index in [2.05, 4.69) is 42.6 Å². The highest BCUT2D eigenvalue weighted by Crippen LogP contribution is 2.26. The van der Waals surface area contributed by atoms with E-state index in [1.807, 2.05) is 37.4 Å². The maximum Gasteiger partial charge on any atom is 0.269 e. The fraction of sp³-hybridized carbons (Fsp3) is 0.125. The molecule has 170 valence electrons. The number of nitrogens with one attached hydrogen (secondary N) is 4. The zero-order chi connectivity index (χ0) is 24.1. The molecule has 2 heterocycles. The largest absolute Gasteiger partial charge is 0.386 e. The van der Waals surface area contributed by atoms with Gasteiger partial charge in [-0.3, -0.25) is 19.6 Å². The van der Waals surface area contributed by atoms with Gasteiger partial charge in [-0.15, -0.1) is 0 Å². The quantitative estimate of drug-likeness (QED) is 0.273. The molecule has 0 unspecified atom stereocenters. The lowest BCUT2D eigenvalue weighted by Crippen LogP contribution is -2.18. The van der Waals surface area contributed by atoms with Crippen LogP contribution in [0.15, 0.2) is 72.1 Å². The molecule has 9 nitrogen and oxygen atoms in total. The van der Waals surface area contributed by atoms with E-state index in [9.17, 15) is 9.59 Å². The number of rotatable bonds is 5. The van der Waals surface area contributed by atoms with Crippen LogP contribution in [0, 0.1) is 0 Å². The number of aromatic nitrogens is 3. The summed E-state index contributed by atoms with van der Waals surface area (Å²) in [7, 11) is 5.19. The van der Waals surface area contributed by atoms with E-state index < -0.39 is 0 Å². The lowest BCUT2D eigenvalue weighted by Gasteiger charge is -2.05. The van der Waals surface area contributed by atoms with Gasteiger partial charge in [0, 0.05) is 50.7 Å². The smallest absolute Gasteiger partial charge is 0.269 e. The van der Waals surface area contributed by atoms with E-state index in [-0.39, 0.29) is 5.91 Å². The number of H-pyrrole nitrogens is 1. The van der Waals surface area contributed by atoms with E-state index in [1.165, 1.54) is 0 Å². The third-order valence-electron chi connectivity index (χ3n) is 4.45. The van der Waals surface area contributed by atoms with Crippen LogP contribution in [0.2, 0.25) is 0 Å². The molecule has 0 saturated carbocycles. The first-order valence-electron chi connectivity index (χ1n) is 10.0. The Morgan fingerprint density at radius 3 is 2.33 bits per heavy atom. The summed E-state index contributed by atoms with van der Waals surface area (Å²) >= 11 is 0. The molecule has 9 heteroatoms. The van der Waals surface area contributed by atoms with E-state index in [0.29, 0.717) is 16.9 Å². The summed E-state index contributed by atoms with van der Waals surface area (Å²) in [5.74, 6) is 0.649. The number of aldehydes is 1. The van der Waals surface area contributed by atoms with Gasteiger partial charge in [-0.1, -0.05) is 30.3 Å². The van der Waals surface area contributed by atoms with Crippen molar-refractivity contribution in [1.29, 1.82) is 0 Å². The predicted molar refractivity (Wildman–Crippen MR) is 134 cm³/mol. The summed E-state index contributed by atoms with van der Waals surface area (Å²) in [6.07, 6.45) is 5.95. The standard InChI is InChI=1S/C11H10N2O.C9H10N2O.C4H7N3/c1-12-11(14)10-6-8-4-2-3-5-9(8)7-13-10;1-10-8-5-3-4-7(6-12)9(8)11-2;1-5-4-6-2-3-7-4/h2-7H,1H3,(H,12,14);3-6,10H,2H2,1H3;2-3H,1H3,(H2,5,6,7). The molecule has 0 aliphatic heterocycles. The van der Waals surface area contributed by atoms with Gasteiger partial charge < -0.3 is 20.9 Å². The van der Waals surface area contributed by atoms with Gasteiger partial charge in [0.25, 0.3) is 5.91 Å². The fourth-order valence-corrected chi connectivity index (χ4v) is 2.77. The van der Waals surface area contributed by atoms with Crippen molar-refractivity contribution in [2.24, 2.45) is 4.99 Å². The molecule has 0 aliphatic carbocycles. The van der Waals surface area contributed by atoms with Crippen LogP contribution in [0.3, 0.4) is 0 Å². The highest BCUT2D eigenvalue weighted by molar-refractivity contribution is 5.96. The second kappa shape index (κ2) is 13.0. The van der Waals surface area contributed by atoms with Gasteiger partial charge in [0.1, 0.15) is 5.69 Å². The molecule has 0 spiro atoms. The summed E-state index contributed by atoms with van der Waals surface area (Å²) in [6.45, 7) is 3.40. The highest BCUT2D eigenvalue weighted by Gasteiger charge is 2.04. The number of hydrogen-bond donors (Lipinski definition) is 4. The SMILES string of the molecule is C=Nc1c(C=O)cccc1NC.CNC(=O)c1cc2ccccc2cn1.CNc1ncc[nH]1. The third-order valence-corrected chi connectivity index (χ3v) is 4.45. The number of amides is 1. The van der Waals surface area contributed by atoms with E-state index in [0.717, 1.165) is 28.7 Å². The van der Waals surface area contributed by atoms with Crippen LogP contribution in [-0.4, -0.2) is 55.0 Å². The number of aromatic amines is 1. The van der Waals surface area contributed by atoms with Crippen molar-refractivity contribution in [3.8, 4) is 0 Å². The molecule has 0 radical (unpaired) electrons. The second-order valence-corrected chi connectivity index (χ2v) is 6.45. The summed E-state index contributed by atoms with van der Waals surface area (Å²) in [5, 5.41) is 10.4. The summed E-state index contributed by atoms with van der Waals surface area (Å²) in [4.78, 5) is 36.4. The molecule has 2 aromatic heterocycles. The van der Waals surface area contributed by atoms with Crippen molar-refractivity contribution >= 4 is 47.0 Å². The molecule has 4 N–H and O–H groups in total. The minimum Gasteiger partial charge on any atom is -0.386 e. The predicted octanol–water partition coefficient (Wildman–Crippen LogP) is 3.92. The van der Waals surface area contributed by atoms with Crippen molar-refractivity contribution in [2.45, 2.75) is 0 Å². The number of carbonyl (C=O) groups is 2. The number of carbonyl (C=O) groups excluding carboxylic acids is 2. The van der Waals surface area contributed by atoms with Crippen LogP contribution in [0.4, 0.5) is 17.3 Å². The molecule has 1 amide bonds. The van der Waals surface area contributed by atoms with Crippen LogP contribution in [0.5, 0.6) is 0 Å². The molecular weight excluding hydrogens is 418 g/mol. The molecule has 2 aromatic carbocycles. The first-order chi connectivity index (χ1) is 16.1. The summed E-state index contributed by atoms with van der Waals surface area (Å²) < 4.78 is 0. The lowest BCUT2D eigenvalue weighted by molar-refractivity contribution is 0.0958. The van der Waals surface area contributed by atoms with Crippen molar-refractivity contribution in [1.82, 2.24) is 20.3 Å². The molecule has 4 aromatic rings. The molecule has 0 saturated heterocycles. The molecule has 4 rings (SSSR count). The monoisotopic (exact) mass is 445 g/mol. The average molecular weight is 446 g/mol. The van der Waals surface area contributed by atoms with Crippen LogP contribution in [-0.2, 0) is 0 Å². The van der Waals surface area contributed by atoms with Gasteiger partial charge in [-0.25, -0.2) is 4.98 Å². The molecule has 33 heavy (non-hydrogen) atoms. The van der Waals surface area contributed by atoms with Crippen molar-refractivity contribution in [3.05, 3.63) is 78.4 Å². The Bertz CT molecular complexity index is 1190. The first-order valence-corrected chi connectivity index (χ1v) is 10.0. The molecule has 0 bridgehead atoms. The van der Waals surface area contributed by atoms with Gasteiger partial charge in [-0.2, -0.15) is 0 Å². The average Bonchev–Trinajstić information content (AvgIpc) is 3.42. The van der Waals surface area contributed by atoms with E-state index in [1.54, 1.807) is 50.9 Å². The number of imidazole rings is 1.